The molecule has 21 heavy (non-hydrogen) atoms. The highest BCUT2D eigenvalue weighted by Crippen LogP contribution is 2.21. The van der Waals surface area contributed by atoms with Gasteiger partial charge < -0.3 is 5.32 Å². The van der Waals surface area contributed by atoms with Crippen LogP contribution in [0.25, 0.3) is 0 Å². The average molecular weight is 308 g/mol. The SMILES string of the molecule is O=C(CCN1CCN2CCC[C@H]2C1)Nc1cccc(Cl)c1. The number of piperazine rings is 1. The molecule has 114 valence electrons. The van der Waals surface area contributed by atoms with Crippen LogP contribution < -0.4 is 5.32 Å². The number of carbonyl (C=O) groups excluding carboxylic acids is 1. The molecule has 4 nitrogen and oxygen atoms in total. The lowest BCUT2D eigenvalue weighted by Gasteiger charge is -2.37. The third kappa shape index (κ3) is 3.96. The van der Waals surface area contributed by atoms with Crippen molar-refractivity contribution >= 4 is 23.2 Å². The van der Waals surface area contributed by atoms with Crippen molar-refractivity contribution < 1.29 is 4.79 Å². The Morgan fingerprint density at radius 3 is 3.10 bits per heavy atom. The van der Waals surface area contributed by atoms with Crippen LogP contribution in [0.15, 0.2) is 24.3 Å². The lowest BCUT2D eigenvalue weighted by Crippen LogP contribution is -2.50. The number of hydrogen-bond acceptors (Lipinski definition) is 3. The zero-order valence-corrected chi connectivity index (χ0v) is 13.0. The van der Waals surface area contributed by atoms with Crippen LogP contribution in [-0.2, 0) is 4.79 Å². The van der Waals surface area contributed by atoms with Gasteiger partial charge in [-0.15, -0.1) is 0 Å². The summed E-state index contributed by atoms with van der Waals surface area (Å²) in [6.45, 7) is 5.45. The molecule has 2 fully saturated rings. The average Bonchev–Trinajstić information content (AvgIpc) is 2.92. The molecule has 0 saturated carbocycles. The van der Waals surface area contributed by atoms with Crippen LogP contribution in [0.2, 0.25) is 5.02 Å². The van der Waals surface area contributed by atoms with E-state index in [1.807, 2.05) is 12.1 Å². The van der Waals surface area contributed by atoms with Gasteiger partial charge in [0.2, 0.25) is 5.91 Å². The highest BCUT2D eigenvalue weighted by molar-refractivity contribution is 6.30. The highest BCUT2D eigenvalue weighted by atomic mass is 35.5. The van der Waals surface area contributed by atoms with E-state index in [0.717, 1.165) is 37.9 Å². The van der Waals surface area contributed by atoms with Gasteiger partial charge >= 0.3 is 0 Å². The molecular weight excluding hydrogens is 286 g/mol. The van der Waals surface area contributed by atoms with Crippen LogP contribution in [0.4, 0.5) is 5.69 Å². The lowest BCUT2D eigenvalue weighted by molar-refractivity contribution is -0.116. The van der Waals surface area contributed by atoms with Crippen molar-refractivity contribution in [3.63, 3.8) is 0 Å². The van der Waals surface area contributed by atoms with Crippen molar-refractivity contribution in [2.45, 2.75) is 25.3 Å². The molecule has 0 aliphatic carbocycles. The number of benzene rings is 1. The zero-order valence-electron chi connectivity index (χ0n) is 12.2. The normalized spacial score (nSPS) is 23.0. The van der Waals surface area contributed by atoms with Crippen LogP contribution in [0.3, 0.4) is 0 Å². The number of rotatable bonds is 4. The van der Waals surface area contributed by atoms with Gasteiger partial charge in [0.1, 0.15) is 0 Å². The van der Waals surface area contributed by atoms with E-state index in [4.69, 9.17) is 11.6 Å². The molecule has 1 aromatic carbocycles. The molecule has 0 bridgehead atoms. The first kappa shape index (κ1) is 14.8. The van der Waals surface area contributed by atoms with E-state index in [9.17, 15) is 4.79 Å². The van der Waals surface area contributed by atoms with E-state index in [1.54, 1.807) is 12.1 Å². The standard InChI is InChI=1S/C16H22ClN3O/c17-13-3-1-4-14(11-13)18-16(21)6-8-19-9-10-20-7-2-5-15(20)12-19/h1,3-4,11,15H,2,5-10,12H2,(H,18,21)/t15-/m0/s1. The molecule has 2 heterocycles. The van der Waals surface area contributed by atoms with Crippen LogP contribution in [0.1, 0.15) is 19.3 Å². The van der Waals surface area contributed by atoms with Crippen molar-refractivity contribution in [2.24, 2.45) is 0 Å². The van der Waals surface area contributed by atoms with E-state index < -0.39 is 0 Å². The number of nitrogens with one attached hydrogen (secondary N) is 1. The predicted octanol–water partition coefficient (Wildman–Crippen LogP) is 2.45. The van der Waals surface area contributed by atoms with Crippen LogP contribution in [0.5, 0.6) is 0 Å². The summed E-state index contributed by atoms with van der Waals surface area (Å²) in [5.41, 5.74) is 0.771. The van der Waals surface area contributed by atoms with Gasteiger partial charge in [-0.3, -0.25) is 14.6 Å². The van der Waals surface area contributed by atoms with Gasteiger partial charge in [-0.25, -0.2) is 0 Å². The molecule has 1 atom stereocenters. The summed E-state index contributed by atoms with van der Waals surface area (Å²) in [5.74, 6) is 0.0612. The summed E-state index contributed by atoms with van der Waals surface area (Å²) in [6, 6.07) is 8.00. The number of hydrogen-bond donors (Lipinski definition) is 1. The second-order valence-electron chi connectivity index (χ2n) is 5.94. The fraction of sp³-hybridized carbons (Fsp3) is 0.562. The summed E-state index contributed by atoms with van der Waals surface area (Å²) in [7, 11) is 0. The Labute approximate surface area is 131 Å². The third-order valence-electron chi connectivity index (χ3n) is 4.43. The summed E-state index contributed by atoms with van der Waals surface area (Å²) < 4.78 is 0. The van der Waals surface area contributed by atoms with E-state index >= 15 is 0 Å². The highest BCUT2D eigenvalue weighted by Gasteiger charge is 2.30. The van der Waals surface area contributed by atoms with Crippen molar-refractivity contribution in [3.8, 4) is 0 Å². The maximum atomic E-state index is 12.0. The number of halogens is 1. The van der Waals surface area contributed by atoms with Crippen LogP contribution in [-0.4, -0.2) is 54.5 Å². The Morgan fingerprint density at radius 1 is 1.33 bits per heavy atom. The monoisotopic (exact) mass is 307 g/mol. The Kier molecular flexibility index (Phi) is 4.78. The summed E-state index contributed by atoms with van der Waals surface area (Å²) in [6.07, 6.45) is 3.18. The molecule has 1 N–H and O–H groups in total. The quantitative estimate of drug-likeness (QED) is 0.928. The first-order valence-corrected chi connectivity index (χ1v) is 8.10. The molecule has 2 aliphatic heterocycles. The molecule has 0 spiro atoms. The summed E-state index contributed by atoms with van der Waals surface area (Å²) in [5, 5.41) is 3.55. The summed E-state index contributed by atoms with van der Waals surface area (Å²) >= 11 is 5.91. The molecule has 3 rings (SSSR count). The maximum absolute atomic E-state index is 12.0. The van der Waals surface area contributed by atoms with Crippen LogP contribution in [0, 0.1) is 0 Å². The molecular formula is C16H22ClN3O. The number of amides is 1. The fourth-order valence-corrected chi connectivity index (χ4v) is 3.50. The molecule has 1 amide bonds. The van der Waals surface area contributed by atoms with E-state index in [2.05, 4.69) is 15.1 Å². The first-order valence-electron chi connectivity index (χ1n) is 7.72. The topological polar surface area (TPSA) is 35.6 Å². The largest absolute Gasteiger partial charge is 0.326 e. The van der Waals surface area contributed by atoms with E-state index in [1.165, 1.54) is 19.4 Å². The third-order valence-corrected chi connectivity index (χ3v) is 4.67. The van der Waals surface area contributed by atoms with Crippen molar-refractivity contribution in [1.29, 1.82) is 0 Å². The minimum atomic E-state index is 0.0612. The minimum Gasteiger partial charge on any atom is -0.326 e. The molecule has 2 aliphatic rings. The van der Waals surface area contributed by atoms with Crippen molar-refractivity contribution in [2.75, 3.05) is 38.0 Å². The Hall–Kier alpha value is -1.10. The molecule has 0 aromatic heterocycles. The lowest BCUT2D eigenvalue weighted by atomic mass is 10.1. The van der Waals surface area contributed by atoms with Crippen molar-refractivity contribution in [1.82, 2.24) is 9.80 Å². The van der Waals surface area contributed by atoms with Gasteiger partial charge in [-0.1, -0.05) is 17.7 Å². The van der Waals surface area contributed by atoms with Crippen molar-refractivity contribution in [3.05, 3.63) is 29.3 Å². The van der Waals surface area contributed by atoms with Gasteiger partial charge in [0.25, 0.3) is 0 Å². The smallest absolute Gasteiger partial charge is 0.225 e. The zero-order chi connectivity index (χ0) is 14.7. The van der Waals surface area contributed by atoms with Gasteiger partial charge in [-0.05, 0) is 37.6 Å². The van der Waals surface area contributed by atoms with Gasteiger partial charge in [0, 0.05) is 49.4 Å². The predicted molar refractivity (Wildman–Crippen MR) is 85.7 cm³/mol. The Balaban J connectivity index is 1.43. The van der Waals surface area contributed by atoms with E-state index in [-0.39, 0.29) is 5.91 Å². The van der Waals surface area contributed by atoms with Crippen LogP contribution >= 0.6 is 11.6 Å². The number of fused-ring (bicyclic) bond motifs is 1. The molecule has 0 unspecified atom stereocenters. The number of anilines is 1. The maximum Gasteiger partial charge on any atom is 0.225 e. The second-order valence-corrected chi connectivity index (χ2v) is 6.38. The second kappa shape index (κ2) is 6.77. The summed E-state index contributed by atoms with van der Waals surface area (Å²) in [4.78, 5) is 17.0. The molecule has 0 radical (unpaired) electrons. The molecule has 1 aromatic rings. The molecule has 5 heteroatoms. The Bertz CT molecular complexity index is 508. The number of nitrogens with zero attached hydrogens (tertiary/aromatic N) is 2. The molecule has 2 saturated heterocycles. The van der Waals surface area contributed by atoms with Gasteiger partial charge in [0.05, 0.1) is 0 Å². The number of carbonyl (C=O) groups is 1. The van der Waals surface area contributed by atoms with E-state index in [0.29, 0.717) is 11.4 Å². The van der Waals surface area contributed by atoms with Gasteiger partial charge in [-0.2, -0.15) is 0 Å². The first-order chi connectivity index (χ1) is 10.2. The van der Waals surface area contributed by atoms with Gasteiger partial charge in [0.15, 0.2) is 0 Å². The Morgan fingerprint density at radius 2 is 2.24 bits per heavy atom. The fourth-order valence-electron chi connectivity index (χ4n) is 3.31. The minimum absolute atomic E-state index is 0.0612.